The fourth-order valence-electron chi connectivity index (χ4n) is 2.10. The lowest BCUT2D eigenvalue weighted by Crippen LogP contribution is -2.41. The Bertz CT molecular complexity index is 600. The van der Waals surface area contributed by atoms with Gasteiger partial charge in [0.05, 0.1) is 0 Å². The number of rotatable bonds is 9. The highest BCUT2D eigenvalue weighted by molar-refractivity contribution is 7.84. The van der Waals surface area contributed by atoms with E-state index >= 15 is 0 Å². The number of allylic oxidation sites excluding steroid dienone is 1. The first-order valence-electron chi connectivity index (χ1n) is 7.10. The van der Waals surface area contributed by atoms with Crippen molar-refractivity contribution in [2.45, 2.75) is 24.9 Å². The maximum Gasteiger partial charge on any atom is 0.351 e. The molecule has 9 nitrogen and oxygen atoms in total. The zero-order valence-electron chi connectivity index (χ0n) is 13.0. The van der Waals surface area contributed by atoms with Crippen molar-refractivity contribution in [2.75, 3.05) is 18.6 Å². The first-order chi connectivity index (χ1) is 11.2. The van der Waals surface area contributed by atoms with Crippen LogP contribution >= 0.6 is 0 Å². The minimum atomic E-state index is -1.27. The van der Waals surface area contributed by atoms with Crippen molar-refractivity contribution in [2.24, 2.45) is 0 Å². The molecule has 134 valence electrons. The third-order valence-corrected chi connectivity index (χ3v) is 4.16. The summed E-state index contributed by atoms with van der Waals surface area (Å²) in [6.45, 7) is 0.123. The monoisotopic (exact) mass is 360 g/mol. The van der Waals surface area contributed by atoms with Gasteiger partial charge in [-0.3, -0.25) is 9.00 Å². The van der Waals surface area contributed by atoms with Crippen LogP contribution in [0.1, 0.15) is 12.8 Å². The van der Waals surface area contributed by atoms with Crippen LogP contribution in [-0.4, -0.2) is 68.1 Å². The topological polar surface area (TPSA) is 153 Å². The maximum atomic E-state index is 11.1. The van der Waals surface area contributed by atoms with Crippen molar-refractivity contribution in [3.63, 3.8) is 0 Å². The third kappa shape index (κ3) is 6.50. The lowest BCUT2D eigenvalue weighted by atomic mass is 10.00. The SMILES string of the molecule is C[S@](=O)CC[C@@H](NC/C=C1/C=C(C(=O)O)N[C@@H](C(=O)O)C1)C(=O)O. The van der Waals surface area contributed by atoms with Gasteiger partial charge in [0, 0.05) is 35.8 Å². The normalized spacial score (nSPS) is 21.5. The van der Waals surface area contributed by atoms with Crippen LogP contribution in [0.2, 0.25) is 0 Å². The number of carboxylic acid groups (broad SMARTS) is 3. The van der Waals surface area contributed by atoms with Crippen LogP contribution in [-0.2, 0) is 25.2 Å². The van der Waals surface area contributed by atoms with E-state index in [1.807, 2.05) is 0 Å². The molecule has 1 aliphatic heterocycles. The van der Waals surface area contributed by atoms with E-state index in [0.29, 0.717) is 5.57 Å². The highest BCUT2D eigenvalue weighted by Gasteiger charge is 2.26. The summed E-state index contributed by atoms with van der Waals surface area (Å²) < 4.78 is 11.0. The van der Waals surface area contributed by atoms with Crippen LogP contribution in [0.25, 0.3) is 0 Å². The lowest BCUT2D eigenvalue weighted by Gasteiger charge is -2.22. The Hall–Kier alpha value is -2.20. The van der Waals surface area contributed by atoms with Crippen LogP contribution in [0, 0.1) is 0 Å². The van der Waals surface area contributed by atoms with E-state index in [-0.39, 0.29) is 30.8 Å². The van der Waals surface area contributed by atoms with Crippen molar-refractivity contribution >= 4 is 28.7 Å². The maximum absolute atomic E-state index is 11.1. The smallest absolute Gasteiger partial charge is 0.351 e. The van der Waals surface area contributed by atoms with Gasteiger partial charge in [-0.25, -0.2) is 9.59 Å². The minimum Gasteiger partial charge on any atom is -0.480 e. The molecule has 0 aromatic carbocycles. The molecule has 0 fully saturated rings. The van der Waals surface area contributed by atoms with E-state index < -0.39 is 40.8 Å². The molecular weight excluding hydrogens is 340 g/mol. The van der Waals surface area contributed by atoms with E-state index in [4.69, 9.17) is 15.3 Å². The van der Waals surface area contributed by atoms with Gasteiger partial charge >= 0.3 is 17.9 Å². The Kier molecular flexibility index (Phi) is 7.59. The molecule has 0 aliphatic carbocycles. The van der Waals surface area contributed by atoms with Gasteiger partial charge in [-0.05, 0) is 18.1 Å². The van der Waals surface area contributed by atoms with Gasteiger partial charge in [0.2, 0.25) is 0 Å². The summed E-state index contributed by atoms with van der Waals surface area (Å²) in [4.78, 5) is 33.2. The Balaban J connectivity index is 2.74. The summed E-state index contributed by atoms with van der Waals surface area (Å²) in [5, 5.41) is 32.3. The van der Waals surface area contributed by atoms with Crippen LogP contribution in [0.3, 0.4) is 0 Å². The standard InChI is InChI=1S/C14H20N2O7S/c1-24(23)5-3-9(12(17)18)15-4-2-8-6-10(13(19)20)16-11(7-8)14(21)22/h2,6,9,11,15-16H,3-5,7H2,1H3,(H,17,18)(H,19,20)(H,21,22)/b8-2-/t9-,11-,24+/m1/s1. The molecule has 0 amide bonds. The Morgan fingerprint density at radius 2 is 2.08 bits per heavy atom. The molecule has 0 bridgehead atoms. The quantitative estimate of drug-likeness (QED) is 0.353. The fraction of sp³-hybridized carbons (Fsp3) is 0.500. The van der Waals surface area contributed by atoms with Gasteiger partial charge in [0.15, 0.2) is 0 Å². The number of aliphatic carboxylic acids is 3. The molecule has 5 N–H and O–H groups in total. The number of hydrogen-bond acceptors (Lipinski definition) is 6. The summed E-state index contributed by atoms with van der Waals surface area (Å²) in [6.07, 6.45) is 4.64. The molecule has 1 heterocycles. The minimum absolute atomic E-state index is 0.0878. The van der Waals surface area contributed by atoms with E-state index in [0.717, 1.165) is 0 Å². The van der Waals surface area contributed by atoms with Crippen LogP contribution in [0.15, 0.2) is 23.4 Å². The second-order valence-electron chi connectivity index (χ2n) is 5.25. The van der Waals surface area contributed by atoms with E-state index in [2.05, 4.69) is 10.6 Å². The molecule has 0 unspecified atom stereocenters. The van der Waals surface area contributed by atoms with Gasteiger partial charge in [0.25, 0.3) is 0 Å². The molecule has 1 rings (SSSR count). The molecule has 0 aromatic rings. The fourth-order valence-corrected chi connectivity index (χ4v) is 2.67. The molecule has 0 aromatic heterocycles. The molecule has 0 spiro atoms. The highest BCUT2D eigenvalue weighted by Crippen LogP contribution is 2.16. The zero-order chi connectivity index (χ0) is 18.3. The third-order valence-electron chi connectivity index (χ3n) is 3.35. The molecule has 0 saturated carbocycles. The zero-order valence-corrected chi connectivity index (χ0v) is 13.8. The molecule has 24 heavy (non-hydrogen) atoms. The molecular formula is C14H20N2O7S. The summed E-state index contributed by atoms with van der Waals surface area (Å²) in [5.74, 6) is -3.27. The number of carboxylic acids is 3. The van der Waals surface area contributed by atoms with Crippen molar-refractivity contribution in [1.29, 1.82) is 0 Å². The van der Waals surface area contributed by atoms with E-state index in [1.165, 1.54) is 12.3 Å². The molecule has 10 heteroatoms. The first kappa shape index (κ1) is 19.8. The van der Waals surface area contributed by atoms with Crippen LogP contribution < -0.4 is 10.6 Å². The highest BCUT2D eigenvalue weighted by atomic mass is 32.2. The van der Waals surface area contributed by atoms with Crippen molar-refractivity contribution < 1.29 is 33.9 Å². The van der Waals surface area contributed by atoms with Crippen molar-refractivity contribution in [3.05, 3.63) is 23.4 Å². The number of nitrogens with one attached hydrogen (secondary N) is 2. The van der Waals surface area contributed by atoms with Crippen molar-refractivity contribution in [3.8, 4) is 0 Å². The van der Waals surface area contributed by atoms with E-state index in [1.54, 1.807) is 6.08 Å². The Labute approximate surface area is 140 Å². The summed E-state index contributed by atoms with van der Waals surface area (Å²) in [6, 6.07) is -1.93. The van der Waals surface area contributed by atoms with E-state index in [9.17, 15) is 18.6 Å². The van der Waals surface area contributed by atoms with Gasteiger partial charge in [0.1, 0.15) is 17.8 Å². The second kappa shape index (κ2) is 9.18. The molecule has 3 atom stereocenters. The van der Waals surface area contributed by atoms with Gasteiger partial charge < -0.3 is 26.0 Å². The predicted molar refractivity (Wildman–Crippen MR) is 86.0 cm³/mol. The van der Waals surface area contributed by atoms with Crippen molar-refractivity contribution in [1.82, 2.24) is 10.6 Å². The average Bonchev–Trinajstić information content (AvgIpc) is 2.49. The molecule has 1 aliphatic rings. The van der Waals surface area contributed by atoms with Gasteiger partial charge in [-0.2, -0.15) is 0 Å². The predicted octanol–water partition coefficient (Wildman–Crippen LogP) is -0.861. The van der Waals surface area contributed by atoms with Crippen LogP contribution in [0.5, 0.6) is 0 Å². The summed E-state index contributed by atoms with van der Waals surface area (Å²) in [7, 11) is -1.10. The number of carbonyl (C=O) groups is 3. The largest absolute Gasteiger partial charge is 0.480 e. The number of hydrogen-bond donors (Lipinski definition) is 5. The summed E-state index contributed by atoms with van der Waals surface area (Å²) >= 11 is 0. The second-order valence-corrected chi connectivity index (χ2v) is 6.80. The molecule has 0 saturated heterocycles. The molecule has 0 radical (unpaired) electrons. The Morgan fingerprint density at radius 1 is 1.42 bits per heavy atom. The van der Waals surface area contributed by atoms with Crippen LogP contribution in [0.4, 0.5) is 0 Å². The van der Waals surface area contributed by atoms with Gasteiger partial charge in [-0.15, -0.1) is 0 Å². The average molecular weight is 360 g/mol. The Morgan fingerprint density at radius 3 is 2.58 bits per heavy atom. The van der Waals surface area contributed by atoms with Gasteiger partial charge in [-0.1, -0.05) is 6.08 Å². The lowest BCUT2D eigenvalue weighted by molar-refractivity contribution is -0.140. The summed E-state index contributed by atoms with van der Waals surface area (Å²) in [5.41, 5.74) is 0.255. The first-order valence-corrected chi connectivity index (χ1v) is 8.83.